The van der Waals surface area contributed by atoms with Gasteiger partial charge < -0.3 is 5.32 Å². The Morgan fingerprint density at radius 1 is 1.20 bits per heavy atom. The van der Waals surface area contributed by atoms with Crippen molar-refractivity contribution < 1.29 is 0 Å². The first-order valence-corrected chi connectivity index (χ1v) is 7.94. The molecule has 1 heterocycles. The summed E-state index contributed by atoms with van der Waals surface area (Å²) in [4.78, 5) is 0. The van der Waals surface area contributed by atoms with Gasteiger partial charge in [0.15, 0.2) is 0 Å². The summed E-state index contributed by atoms with van der Waals surface area (Å²) in [6.07, 6.45) is 2.24. The van der Waals surface area contributed by atoms with Crippen LogP contribution in [0.2, 0.25) is 0 Å². The molecule has 0 saturated carbocycles. The second-order valence-corrected chi connectivity index (χ2v) is 5.91. The second kappa shape index (κ2) is 7.04. The summed E-state index contributed by atoms with van der Waals surface area (Å²) in [6, 6.07) is 8.28. The van der Waals surface area contributed by atoms with Crippen LogP contribution < -0.4 is 5.32 Å². The van der Waals surface area contributed by atoms with Gasteiger partial charge in [0.25, 0.3) is 0 Å². The first-order chi connectivity index (χ1) is 9.63. The van der Waals surface area contributed by atoms with E-state index in [2.05, 4.69) is 71.4 Å². The van der Waals surface area contributed by atoms with E-state index in [1.165, 1.54) is 11.3 Å². The van der Waals surface area contributed by atoms with Gasteiger partial charge in [-0.3, -0.25) is 0 Å². The number of benzene rings is 1. The lowest BCUT2D eigenvalue weighted by Gasteiger charge is -2.06. The monoisotopic (exact) mass is 335 g/mol. The maximum absolute atomic E-state index is 4.69. The average molecular weight is 336 g/mol. The quantitative estimate of drug-likeness (QED) is 0.814. The van der Waals surface area contributed by atoms with E-state index >= 15 is 0 Å². The Kier molecular flexibility index (Phi) is 5.38. The van der Waals surface area contributed by atoms with E-state index in [0.717, 1.165) is 41.8 Å². The molecule has 0 aliphatic rings. The van der Waals surface area contributed by atoms with Crippen LogP contribution in [0.5, 0.6) is 0 Å². The molecule has 1 N–H and O–H groups in total. The lowest BCUT2D eigenvalue weighted by Crippen LogP contribution is -2.14. The number of nitrogens with one attached hydrogen (secondary N) is 1. The minimum absolute atomic E-state index is 1.04. The minimum atomic E-state index is 1.04. The summed E-state index contributed by atoms with van der Waals surface area (Å²) in [5.41, 5.74) is 4.89. The maximum Gasteiger partial charge on any atom is 0.0649 e. The topological polar surface area (TPSA) is 29.9 Å². The number of hydrogen-bond donors (Lipinski definition) is 1. The molecule has 2 aromatic rings. The van der Waals surface area contributed by atoms with Crippen molar-refractivity contribution in [3.63, 3.8) is 0 Å². The van der Waals surface area contributed by atoms with Crippen LogP contribution in [-0.2, 0) is 6.42 Å². The zero-order chi connectivity index (χ0) is 14.5. The summed E-state index contributed by atoms with van der Waals surface area (Å²) >= 11 is 3.47. The van der Waals surface area contributed by atoms with Crippen molar-refractivity contribution in [2.24, 2.45) is 0 Å². The van der Waals surface area contributed by atoms with E-state index in [0.29, 0.717) is 0 Å². The fourth-order valence-corrected chi connectivity index (χ4v) is 2.70. The summed E-state index contributed by atoms with van der Waals surface area (Å²) in [7, 11) is 0. The highest BCUT2D eigenvalue weighted by Gasteiger charge is 2.12. The number of hydrogen-bond acceptors (Lipinski definition) is 2. The van der Waals surface area contributed by atoms with Gasteiger partial charge in [-0.2, -0.15) is 5.10 Å². The third kappa shape index (κ3) is 3.49. The van der Waals surface area contributed by atoms with Crippen LogP contribution in [0.4, 0.5) is 0 Å². The van der Waals surface area contributed by atoms with Crippen LogP contribution in [0, 0.1) is 13.8 Å². The Hall–Kier alpha value is -1.13. The second-order valence-electron chi connectivity index (χ2n) is 4.99. The largest absolute Gasteiger partial charge is 0.317 e. The summed E-state index contributed by atoms with van der Waals surface area (Å²) < 4.78 is 3.14. The molecule has 1 aromatic carbocycles. The predicted octanol–water partition coefficient (Wildman–Crippen LogP) is 3.79. The molecule has 0 saturated heterocycles. The number of aryl methyl sites for hydroxylation is 1. The molecular formula is C16H22BrN3. The van der Waals surface area contributed by atoms with Gasteiger partial charge in [0, 0.05) is 10.2 Å². The van der Waals surface area contributed by atoms with E-state index in [-0.39, 0.29) is 0 Å². The first-order valence-electron chi connectivity index (χ1n) is 7.15. The van der Waals surface area contributed by atoms with Crippen molar-refractivity contribution in [1.29, 1.82) is 0 Å². The molecular weight excluding hydrogens is 314 g/mol. The number of rotatable bonds is 6. The van der Waals surface area contributed by atoms with Gasteiger partial charge in [-0.05, 0) is 69.6 Å². The van der Waals surface area contributed by atoms with Crippen LogP contribution >= 0.6 is 15.9 Å². The third-order valence-electron chi connectivity index (χ3n) is 3.54. The first kappa shape index (κ1) is 15.3. The highest BCUT2D eigenvalue weighted by atomic mass is 79.9. The Balaban J connectivity index is 2.17. The third-order valence-corrected chi connectivity index (χ3v) is 4.07. The lowest BCUT2D eigenvalue weighted by molar-refractivity contribution is 0.670. The lowest BCUT2D eigenvalue weighted by atomic mass is 10.1. The Morgan fingerprint density at radius 3 is 2.55 bits per heavy atom. The molecule has 4 heteroatoms. The Bertz CT molecular complexity index is 558. The van der Waals surface area contributed by atoms with Crippen molar-refractivity contribution in [1.82, 2.24) is 15.1 Å². The number of aromatic nitrogens is 2. The molecule has 0 spiro atoms. The van der Waals surface area contributed by atoms with E-state index in [1.807, 2.05) is 4.68 Å². The standard InChI is InChI=1S/C16H22BrN3/c1-4-18-11-5-6-16-12(2)19-20(13(16)3)15-9-7-14(17)8-10-15/h7-10,18H,4-6,11H2,1-3H3. The molecule has 0 unspecified atom stereocenters. The van der Waals surface area contributed by atoms with E-state index in [9.17, 15) is 0 Å². The molecule has 0 atom stereocenters. The molecule has 3 nitrogen and oxygen atoms in total. The molecule has 20 heavy (non-hydrogen) atoms. The maximum atomic E-state index is 4.69. The van der Waals surface area contributed by atoms with Gasteiger partial charge in [0.05, 0.1) is 11.4 Å². The highest BCUT2D eigenvalue weighted by Crippen LogP contribution is 2.20. The summed E-state index contributed by atoms with van der Waals surface area (Å²) in [6.45, 7) is 8.51. The fraction of sp³-hybridized carbons (Fsp3) is 0.438. The van der Waals surface area contributed by atoms with Crippen molar-refractivity contribution in [3.05, 3.63) is 45.7 Å². The minimum Gasteiger partial charge on any atom is -0.317 e. The molecule has 1 aromatic heterocycles. The van der Waals surface area contributed by atoms with Crippen molar-refractivity contribution in [2.75, 3.05) is 13.1 Å². The van der Waals surface area contributed by atoms with Crippen LogP contribution in [0.25, 0.3) is 5.69 Å². The molecule has 0 amide bonds. The van der Waals surface area contributed by atoms with Gasteiger partial charge in [-0.1, -0.05) is 22.9 Å². The Morgan fingerprint density at radius 2 is 1.90 bits per heavy atom. The molecule has 0 bridgehead atoms. The van der Waals surface area contributed by atoms with E-state index < -0.39 is 0 Å². The van der Waals surface area contributed by atoms with Gasteiger partial charge >= 0.3 is 0 Å². The van der Waals surface area contributed by atoms with Gasteiger partial charge in [0.1, 0.15) is 0 Å². The normalized spacial score (nSPS) is 11.0. The van der Waals surface area contributed by atoms with E-state index in [4.69, 9.17) is 0 Å². The molecule has 2 rings (SSSR count). The molecule has 108 valence electrons. The molecule has 0 aliphatic carbocycles. The van der Waals surface area contributed by atoms with Crippen molar-refractivity contribution in [3.8, 4) is 5.69 Å². The van der Waals surface area contributed by atoms with Gasteiger partial charge in [-0.15, -0.1) is 0 Å². The fourth-order valence-electron chi connectivity index (χ4n) is 2.44. The summed E-state index contributed by atoms with van der Waals surface area (Å²) in [5, 5.41) is 8.06. The summed E-state index contributed by atoms with van der Waals surface area (Å²) in [5.74, 6) is 0. The highest BCUT2D eigenvalue weighted by molar-refractivity contribution is 9.10. The average Bonchev–Trinajstić information content (AvgIpc) is 2.72. The Labute approximate surface area is 129 Å². The van der Waals surface area contributed by atoms with Crippen LogP contribution in [0.1, 0.15) is 30.3 Å². The van der Waals surface area contributed by atoms with Crippen LogP contribution in [0.3, 0.4) is 0 Å². The molecule has 0 radical (unpaired) electrons. The van der Waals surface area contributed by atoms with Crippen LogP contribution in [0.15, 0.2) is 28.7 Å². The smallest absolute Gasteiger partial charge is 0.0649 e. The zero-order valence-corrected chi connectivity index (χ0v) is 14.0. The number of nitrogens with zero attached hydrogens (tertiary/aromatic N) is 2. The number of halogens is 1. The van der Waals surface area contributed by atoms with Crippen LogP contribution in [-0.4, -0.2) is 22.9 Å². The van der Waals surface area contributed by atoms with Crippen molar-refractivity contribution >= 4 is 15.9 Å². The SMILES string of the molecule is CCNCCCc1c(C)nn(-c2ccc(Br)cc2)c1C. The molecule has 0 fully saturated rings. The van der Waals surface area contributed by atoms with E-state index in [1.54, 1.807) is 0 Å². The zero-order valence-electron chi connectivity index (χ0n) is 12.4. The predicted molar refractivity (Wildman–Crippen MR) is 87.6 cm³/mol. The van der Waals surface area contributed by atoms with Gasteiger partial charge in [-0.25, -0.2) is 4.68 Å². The van der Waals surface area contributed by atoms with Crippen molar-refractivity contribution in [2.45, 2.75) is 33.6 Å². The molecule has 0 aliphatic heterocycles. The van der Waals surface area contributed by atoms with Gasteiger partial charge in [0.2, 0.25) is 0 Å².